The quantitative estimate of drug-likeness (QED) is 0.125. The van der Waals surface area contributed by atoms with E-state index in [1.807, 2.05) is 47.1 Å². The van der Waals surface area contributed by atoms with E-state index in [4.69, 9.17) is 33.4 Å². The van der Waals surface area contributed by atoms with E-state index in [9.17, 15) is 19.7 Å². The number of benzene rings is 4. The highest BCUT2D eigenvalue weighted by Crippen LogP contribution is 2.33. The molecule has 0 unspecified atom stereocenters. The molecule has 1 heterocycles. The van der Waals surface area contributed by atoms with Crippen LogP contribution < -0.4 is 5.32 Å². The van der Waals surface area contributed by atoms with E-state index in [2.05, 4.69) is 5.32 Å². The van der Waals surface area contributed by atoms with Crippen LogP contribution in [0.25, 0.3) is 33.6 Å². The number of hydrogen-bond donors (Lipinski definition) is 2. The number of carboxylic acids is 1. The number of nitrogens with zero attached hydrogens (tertiary/aromatic N) is 3. The fraction of sp³-hybridized carbons (Fsp3) is 0.0938. The molecule has 0 saturated heterocycles. The molecule has 0 spiro atoms. The Morgan fingerprint density at radius 1 is 0.837 bits per heavy atom. The zero-order valence-corrected chi connectivity index (χ0v) is 24.0. The summed E-state index contributed by atoms with van der Waals surface area (Å²) in [5, 5.41) is 28.3. The number of non-ortho nitro benzene ring substituents is 1. The predicted molar refractivity (Wildman–Crippen MR) is 165 cm³/mol. The third-order valence-electron chi connectivity index (χ3n) is 6.68. The largest absolute Gasteiger partial charge is 0.481 e. The summed E-state index contributed by atoms with van der Waals surface area (Å²) in [6, 6.07) is 28.4. The molecule has 4 aromatic carbocycles. The number of carboxylic acid groups (broad SMARTS) is 1. The number of nitro groups is 1. The number of rotatable bonds is 10. The fourth-order valence-electron chi connectivity index (χ4n) is 4.57. The number of carbonyl (C=O) groups excluding carboxylic acids is 1. The average Bonchev–Trinajstić information content (AvgIpc) is 3.41. The molecule has 0 radical (unpaired) electrons. The maximum Gasteiger partial charge on any atom is 0.305 e. The second-order valence-corrected chi connectivity index (χ2v) is 10.6. The van der Waals surface area contributed by atoms with Crippen molar-refractivity contribution in [2.24, 2.45) is 0 Å². The highest BCUT2D eigenvalue weighted by atomic mass is 35.5. The summed E-state index contributed by atoms with van der Waals surface area (Å²) in [5.41, 5.74) is 6.12. The highest BCUT2D eigenvalue weighted by Gasteiger charge is 2.15. The second-order valence-electron chi connectivity index (χ2n) is 9.71. The molecule has 0 saturated carbocycles. The number of nitrogens with one attached hydrogen (secondary N) is 1. The van der Waals surface area contributed by atoms with Gasteiger partial charge in [-0.15, -0.1) is 0 Å². The zero-order chi connectivity index (χ0) is 30.5. The van der Waals surface area contributed by atoms with E-state index in [0.717, 1.165) is 33.5 Å². The normalized spacial score (nSPS) is 10.8. The lowest BCUT2D eigenvalue weighted by Crippen LogP contribution is -2.25. The van der Waals surface area contributed by atoms with Crippen LogP contribution >= 0.6 is 23.2 Å². The average molecular weight is 615 g/mol. The first kappa shape index (κ1) is 29.5. The molecule has 216 valence electrons. The van der Waals surface area contributed by atoms with Gasteiger partial charge >= 0.3 is 5.97 Å². The topological polar surface area (TPSA) is 127 Å². The lowest BCUT2D eigenvalue weighted by molar-refractivity contribution is -0.384. The molecule has 11 heteroatoms. The summed E-state index contributed by atoms with van der Waals surface area (Å²) in [5.74, 6) is -1.33. The molecule has 0 bridgehead atoms. The maximum absolute atomic E-state index is 12.4. The van der Waals surface area contributed by atoms with Gasteiger partial charge in [0.15, 0.2) is 0 Å². The molecular weight excluding hydrogens is 591 g/mol. The van der Waals surface area contributed by atoms with Crippen LogP contribution in [0, 0.1) is 10.1 Å². The van der Waals surface area contributed by atoms with Crippen molar-refractivity contribution in [2.45, 2.75) is 13.0 Å². The van der Waals surface area contributed by atoms with Crippen LogP contribution in [0.1, 0.15) is 22.3 Å². The van der Waals surface area contributed by atoms with Gasteiger partial charge in [0, 0.05) is 45.4 Å². The summed E-state index contributed by atoms with van der Waals surface area (Å²) in [7, 11) is 0. The summed E-state index contributed by atoms with van der Waals surface area (Å²) >= 11 is 12.6. The minimum atomic E-state index is -0.983. The van der Waals surface area contributed by atoms with E-state index >= 15 is 0 Å². The van der Waals surface area contributed by atoms with Crippen molar-refractivity contribution in [2.75, 3.05) is 6.54 Å². The van der Waals surface area contributed by atoms with Gasteiger partial charge in [-0.1, -0.05) is 53.5 Å². The Kier molecular flexibility index (Phi) is 8.85. The van der Waals surface area contributed by atoms with Gasteiger partial charge in [-0.25, -0.2) is 0 Å². The first-order valence-electron chi connectivity index (χ1n) is 13.1. The van der Waals surface area contributed by atoms with Gasteiger partial charge in [-0.2, -0.15) is 5.10 Å². The van der Waals surface area contributed by atoms with Crippen molar-refractivity contribution >= 4 is 40.8 Å². The SMILES string of the molecule is O=C(O)CCNC(=O)c1ccc(Cn2nc(-c3cc(Cl)cc(Cl)c3)cc2-c2cccc(-c3ccc([N+](=O)[O-])cc3)c2)cc1. The molecule has 0 fully saturated rings. The summed E-state index contributed by atoms with van der Waals surface area (Å²) < 4.78 is 1.85. The van der Waals surface area contributed by atoms with Crippen LogP contribution in [-0.2, 0) is 11.3 Å². The van der Waals surface area contributed by atoms with E-state index < -0.39 is 10.9 Å². The number of hydrogen-bond acceptors (Lipinski definition) is 5. The smallest absolute Gasteiger partial charge is 0.305 e. The predicted octanol–water partition coefficient (Wildman–Crippen LogP) is 7.35. The molecule has 0 atom stereocenters. The van der Waals surface area contributed by atoms with Gasteiger partial charge in [-0.3, -0.25) is 24.4 Å². The molecule has 5 aromatic rings. The monoisotopic (exact) mass is 614 g/mol. The molecule has 2 N–H and O–H groups in total. The fourth-order valence-corrected chi connectivity index (χ4v) is 5.09. The molecule has 5 rings (SSSR count). The maximum atomic E-state index is 12.4. The number of halogens is 2. The Labute approximate surface area is 256 Å². The molecule has 43 heavy (non-hydrogen) atoms. The first-order chi connectivity index (χ1) is 20.7. The van der Waals surface area contributed by atoms with E-state index in [-0.39, 0.29) is 24.6 Å². The first-order valence-corrected chi connectivity index (χ1v) is 13.9. The minimum absolute atomic E-state index is 0.0200. The number of aliphatic carboxylic acids is 1. The Morgan fingerprint density at radius 2 is 1.51 bits per heavy atom. The van der Waals surface area contributed by atoms with E-state index in [0.29, 0.717) is 27.8 Å². The Hall–Kier alpha value is -4.99. The van der Waals surface area contributed by atoms with Crippen LogP contribution in [0.3, 0.4) is 0 Å². The Bertz CT molecular complexity index is 1800. The molecule has 1 amide bonds. The van der Waals surface area contributed by atoms with Gasteiger partial charge < -0.3 is 10.4 Å². The van der Waals surface area contributed by atoms with Crippen molar-refractivity contribution in [3.63, 3.8) is 0 Å². The van der Waals surface area contributed by atoms with Gasteiger partial charge in [0.25, 0.3) is 11.6 Å². The summed E-state index contributed by atoms with van der Waals surface area (Å²) in [6.45, 7) is 0.425. The number of carbonyl (C=O) groups is 2. The molecule has 1 aromatic heterocycles. The number of aromatic nitrogens is 2. The second kappa shape index (κ2) is 12.9. The van der Waals surface area contributed by atoms with Crippen molar-refractivity contribution < 1.29 is 19.6 Å². The lowest BCUT2D eigenvalue weighted by Gasteiger charge is -2.10. The third kappa shape index (κ3) is 7.27. The third-order valence-corrected chi connectivity index (χ3v) is 7.12. The van der Waals surface area contributed by atoms with E-state index in [1.165, 1.54) is 12.1 Å². The van der Waals surface area contributed by atoms with Crippen molar-refractivity contribution in [1.82, 2.24) is 15.1 Å². The van der Waals surface area contributed by atoms with Gasteiger partial charge in [0.05, 0.1) is 29.3 Å². The Morgan fingerprint density at radius 3 is 2.16 bits per heavy atom. The summed E-state index contributed by atoms with van der Waals surface area (Å²) in [4.78, 5) is 33.8. The van der Waals surface area contributed by atoms with Gasteiger partial charge in [0.1, 0.15) is 0 Å². The molecule has 0 aliphatic carbocycles. The van der Waals surface area contributed by atoms with Crippen LogP contribution in [-0.4, -0.2) is 38.2 Å². The van der Waals surface area contributed by atoms with Crippen LogP contribution in [0.4, 0.5) is 5.69 Å². The summed E-state index contributed by atoms with van der Waals surface area (Å²) in [6.07, 6.45) is -0.155. The van der Waals surface area contributed by atoms with Crippen molar-refractivity contribution in [3.8, 4) is 33.6 Å². The van der Waals surface area contributed by atoms with Gasteiger partial charge in [-0.05, 0) is 71.3 Å². The van der Waals surface area contributed by atoms with Gasteiger partial charge in [0.2, 0.25) is 0 Å². The zero-order valence-electron chi connectivity index (χ0n) is 22.5. The van der Waals surface area contributed by atoms with Crippen molar-refractivity contribution in [3.05, 3.63) is 128 Å². The molecule has 9 nitrogen and oxygen atoms in total. The van der Waals surface area contributed by atoms with Crippen LogP contribution in [0.2, 0.25) is 10.0 Å². The minimum Gasteiger partial charge on any atom is -0.481 e. The van der Waals surface area contributed by atoms with E-state index in [1.54, 1.807) is 42.5 Å². The number of amides is 1. The lowest BCUT2D eigenvalue weighted by atomic mass is 10.0. The standard InChI is InChI=1S/C32H24Cl2N4O5/c33-26-15-25(16-27(34)17-26)29-18-30(24-3-1-2-23(14-24)21-8-10-28(11-9-21)38(42)43)37(36-29)19-20-4-6-22(7-5-20)32(41)35-13-12-31(39)40/h1-11,14-18H,12-13,19H2,(H,35,41)(H,39,40). The Balaban J connectivity index is 1.48. The van der Waals surface area contributed by atoms with Crippen LogP contribution in [0.15, 0.2) is 97.1 Å². The molecule has 0 aliphatic rings. The van der Waals surface area contributed by atoms with Crippen molar-refractivity contribution in [1.29, 1.82) is 0 Å². The molecule has 0 aliphatic heterocycles. The number of nitro benzene ring substituents is 1. The molecular formula is C32H24Cl2N4O5. The highest BCUT2D eigenvalue weighted by molar-refractivity contribution is 6.35. The van der Waals surface area contributed by atoms with Crippen LogP contribution in [0.5, 0.6) is 0 Å².